The molecule has 5 nitrogen and oxygen atoms in total. The van der Waals surface area contributed by atoms with E-state index >= 15 is 0 Å². The van der Waals surface area contributed by atoms with Crippen LogP contribution in [0.2, 0.25) is 0 Å². The maximum Gasteiger partial charge on any atom is 0.238 e. The van der Waals surface area contributed by atoms with Crippen molar-refractivity contribution in [1.29, 1.82) is 0 Å². The minimum Gasteiger partial charge on any atom is -0.348 e. The molecule has 0 fully saturated rings. The number of carbonyl (C=O) groups is 1. The van der Waals surface area contributed by atoms with Crippen LogP contribution in [0.25, 0.3) is 5.69 Å². The summed E-state index contributed by atoms with van der Waals surface area (Å²) in [5.41, 5.74) is 3.03. The van der Waals surface area contributed by atoms with E-state index in [1.165, 1.54) is 23.9 Å². The SMILES string of the molecule is Cc1ccc(-n2c(CNC(=O)C(C)Cl)nnc2SCc2ccc(F)cc2)cc1. The number of amides is 1. The summed E-state index contributed by atoms with van der Waals surface area (Å²) in [6.45, 7) is 3.85. The van der Waals surface area contributed by atoms with E-state index in [9.17, 15) is 9.18 Å². The van der Waals surface area contributed by atoms with Crippen LogP contribution >= 0.6 is 23.4 Å². The highest BCUT2D eigenvalue weighted by Crippen LogP contribution is 2.25. The first-order chi connectivity index (χ1) is 13.4. The van der Waals surface area contributed by atoms with Gasteiger partial charge in [0.05, 0.1) is 6.54 Å². The van der Waals surface area contributed by atoms with E-state index in [-0.39, 0.29) is 18.3 Å². The van der Waals surface area contributed by atoms with Crippen LogP contribution in [0, 0.1) is 12.7 Å². The summed E-state index contributed by atoms with van der Waals surface area (Å²) in [6.07, 6.45) is 0. The van der Waals surface area contributed by atoms with Crippen molar-refractivity contribution in [2.75, 3.05) is 0 Å². The number of aromatic nitrogens is 3. The van der Waals surface area contributed by atoms with Gasteiger partial charge in [0.15, 0.2) is 11.0 Å². The minimum absolute atomic E-state index is 0.216. The van der Waals surface area contributed by atoms with Gasteiger partial charge in [-0.1, -0.05) is 41.6 Å². The van der Waals surface area contributed by atoms with Gasteiger partial charge < -0.3 is 5.32 Å². The molecule has 0 radical (unpaired) electrons. The Morgan fingerprint density at radius 2 is 1.86 bits per heavy atom. The Morgan fingerprint density at radius 1 is 1.18 bits per heavy atom. The molecule has 0 aliphatic heterocycles. The monoisotopic (exact) mass is 418 g/mol. The first-order valence-electron chi connectivity index (χ1n) is 8.74. The average molecular weight is 419 g/mol. The van der Waals surface area contributed by atoms with Gasteiger partial charge in [0.25, 0.3) is 0 Å². The molecule has 1 aromatic heterocycles. The second-order valence-corrected chi connectivity index (χ2v) is 7.92. The maximum absolute atomic E-state index is 13.1. The molecular weight excluding hydrogens is 399 g/mol. The van der Waals surface area contributed by atoms with Crippen LogP contribution in [-0.4, -0.2) is 26.0 Å². The Kier molecular flexibility index (Phi) is 6.70. The number of nitrogens with zero attached hydrogens (tertiary/aromatic N) is 3. The zero-order valence-corrected chi connectivity index (χ0v) is 17.1. The number of alkyl halides is 1. The molecule has 0 saturated heterocycles. The molecule has 0 aliphatic carbocycles. The molecule has 1 heterocycles. The molecule has 1 atom stereocenters. The van der Waals surface area contributed by atoms with Gasteiger partial charge >= 0.3 is 0 Å². The zero-order chi connectivity index (χ0) is 20.1. The van der Waals surface area contributed by atoms with Crippen molar-refractivity contribution in [3.63, 3.8) is 0 Å². The van der Waals surface area contributed by atoms with E-state index < -0.39 is 5.38 Å². The number of halogens is 2. The molecule has 3 aromatic rings. The van der Waals surface area contributed by atoms with Crippen molar-refractivity contribution < 1.29 is 9.18 Å². The number of hydrogen-bond acceptors (Lipinski definition) is 4. The lowest BCUT2D eigenvalue weighted by atomic mass is 10.2. The summed E-state index contributed by atoms with van der Waals surface area (Å²) in [4.78, 5) is 11.8. The molecule has 0 bridgehead atoms. The minimum atomic E-state index is -0.622. The molecule has 2 aromatic carbocycles. The lowest BCUT2D eigenvalue weighted by Gasteiger charge is -2.12. The topological polar surface area (TPSA) is 59.8 Å². The van der Waals surface area contributed by atoms with Crippen LogP contribution in [-0.2, 0) is 17.1 Å². The number of rotatable bonds is 7. The second kappa shape index (κ2) is 9.21. The third kappa shape index (κ3) is 5.11. The number of thioether (sulfide) groups is 1. The highest BCUT2D eigenvalue weighted by molar-refractivity contribution is 7.98. The highest BCUT2D eigenvalue weighted by Gasteiger charge is 2.16. The Morgan fingerprint density at radius 3 is 2.50 bits per heavy atom. The normalized spacial score (nSPS) is 12.0. The quantitative estimate of drug-likeness (QED) is 0.460. The largest absolute Gasteiger partial charge is 0.348 e. The number of benzene rings is 2. The molecular formula is C20H20ClFN4OS. The molecule has 28 heavy (non-hydrogen) atoms. The third-order valence-electron chi connectivity index (χ3n) is 4.06. The average Bonchev–Trinajstić information content (AvgIpc) is 3.09. The Bertz CT molecular complexity index is 942. The van der Waals surface area contributed by atoms with E-state index in [0.29, 0.717) is 16.7 Å². The van der Waals surface area contributed by atoms with Crippen molar-refractivity contribution in [2.24, 2.45) is 0 Å². The lowest BCUT2D eigenvalue weighted by Crippen LogP contribution is -2.30. The van der Waals surface area contributed by atoms with Gasteiger partial charge in [0, 0.05) is 11.4 Å². The number of carbonyl (C=O) groups excluding carboxylic acids is 1. The summed E-state index contributed by atoms with van der Waals surface area (Å²) >= 11 is 7.31. The molecule has 1 amide bonds. The van der Waals surface area contributed by atoms with Crippen molar-refractivity contribution in [3.05, 3.63) is 71.3 Å². The number of aryl methyl sites for hydroxylation is 1. The van der Waals surface area contributed by atoms with E-state index in [2.05, 4.69) is 15.5 Å². The van der Waals surface area contributed by atoms with Crippen molar-refractivity contribution >= 4 is 29.3 Å². The second-order valence-electron chi connectivity index (χ2n) is 6.32. The third-order valence-corrected chi connectivity index (χ3v) is 5.25. The van der Waals surface area contributed by atoms with Crippen molar-refractivity contribution in [1.82, 2.24) is 20.1 Å². The fraction of sp³-hybridized carbons (Fsp3) is 0.250. The van der Waals surface area contributed by atoms with E-state index in [1.807, 2.05) is 35.8 Å². The van der Waals surface area contributed by atoms with Crippen LogP contribution < -0.4 is 5.32 Å². The molecule has 0 saturated carbocycles. The first-order valence-corrected chi connectivity index (χ1v) is 10.2. The molecule has 8 heteroatoms. The van der Waals surface area contributed by atoms with Gasteiger partial charge in [-0.15, -0.1) is 21.8 Å². The summed E-state index contributed by atoms with van der Waals surface area (Å²) in [5, 5.41) is 11.4. The summed E-state index contributed by atoms with van der Waals surface area (Å²) in [7, 11) is 0. The smallest absolute Gasteiger partial charge is 0.238 e. The molecule has 0 spiro atoms. The Balaban J connectivity index is 1.85. The van der Waals surface area contributed by atoms with Gasteiger partial charge in [-0.2, -0.15) is 0 Å². The summed E-state index contributed by atoms with van der Waals surface area (Å²) < 4.78 is 15.0. The van der Waals surface area contributed by atoms with Crippen LogP contribution in [0.4, 0.5) is 4.39 Å². The molecule has 1 N–H and O–H groups in total. The fourth-order valence-electron chi connectivity index (χ4n) is 2.50. The van der Waals surface area contributed by atoms with Crippen molar-refractivity contribution in [3.8, 4) is 5.69 Å². The molecule has 146 valence electrons. The fourth-order valence-corrected chi connectivity index (χ4v) is 3.50. The Labute approximate surface area is 172 Å². The van der Waals surface area contributed by atoms with E-state index in [4.69, 9.17) is 11.6 Å². The number of nitrogens with one attached hydrogen (secondary N) is 1. The van der Waals surface area contributed by atoms with Crippen LogP contribution in [0.1, 0.15) is 23.9 Å². The predicted octanol–water partition coefficient (Wildman–Crippen LogP) is 4.25. The molecule has 1 unspecified atom stereocenters. The zero-order valence-electron chi connectivity index (χ0n) is 15.5. The highest BCUT2D eigenvalue weighted by atomic mass is 35.5. The van der Waals surface area contributed by atoms with Gasteiger partial charge in [-0.3, -0.25) is 9.36 Å². The summed E-state index contributed by atoms with van der Waals surface area (Å²) in [5.74, 6) is 0.704. The van der Waals surface area contributed by atoms with Gasteiger partial charge in [0.1, 0.15) is 11.2 Å². The number of hydrogen-bond donors (Lipinski definition) is 1. The van der Waals surface area contributed by atoms with Crippen molar-refractivity contribution in [2.45, 2.75) is 36.7 Å². The maximum atomic E-state index is 13.1. The van der Waals surface area contributed by atoms with Crippen LogP contribution in [0.5, 0.6) is 0 Å². The standard InChI is InChI=1S/C20H20ClFN4OS/c1-13-3-9-17(10-4-13)26-18(11-23-19(27)14(2)21)24-25-20(26)28-12-15-5-7-16(22)8-6-15/h3-10,14H,11-12H2,1-2H3,(H,23,27). The Hall–Kier alpha value is -2.38. The lowest BCUT2D eigenvalue weighted by molar-refractivity contribution is -0.120. The van der Waals surface area contributed by atoms with Gasteiger partial charge in [-0.05, 0) is 43.7 Å². The molecule has 0 aliphatic rings. The van der Waals surface area contributed by atoms with Crippen LogP contribution in [0.3, 0.4) is 0 Å². The van der Waals surface area contributed by atoms with E-state index in [1.54, 1.807) is 19.1 Å². The summed E-state index contributed by atoms with van der Waals surface area (Å²) in [6, 6.07) is 14.4. The van der Waals surface area contributed by atoms with Crippen LogP contribution in [0.15, 0.2) is 53.7 Å². The van der Waals surface area contributed by atoms with Gasteiger partial charge in [0.2, 0.25) is 5.91 Å². The van der Waals surface area contributed by atoms with Gasteiger partial charge in [-0.25, -0.2) is 4.39 Å². The molecule has 3 rings (SSSR count). The first kappa shape index (κ1) is 20.4. The predicted molar refractivity (Wildman–Crippen MR) is 109 cm³/mol. The van der Waals surface area contributed by atoms with E-state index in [0.717, 1.165) is 16.8 Å².